The average molecular weight is 447 g/mol. The van der Waals surface area contributed by atoms with Crippen LogP contribution in [0.2, 0.25) is 0 Å². The smallest absolute Gasteiger partial charge is 0.263 e. The van der Waals surface area contributed by atoms with Gasteiger partial charge in [-0.25, -0.2) is 16.8 Å². The van der Waals surface area contributed by atoms with E-state index in [0.29, 0.717) is 0 Å². The SMILES string of the molecule is COc1ccc(C(N)=O)cc1NS(=O)(=O)c1ccccc1S(=O)(=O)c1ccccc1. The van der Waals surface area contributed by atoms with Crippen molar-refractivity contribution in [2.45, 2.75) is 14.7 Å². The molecular weight excluding hydrogens is 428 g/mol. The van der Waals surface area contributed by atoms with Crippen molar-refractivity contribution in [2.24, 2.45) is 5.73 Å². The first kappa shape index (κ1) is 21.3. The number of carbonyl (C=O) groups excluding carboxylic acids is 1. The molecule has 3 N–H and O–H groups in total. The van der Waals surface area contributed by atoms with E-state index in [9.17, 15) is 21.6 Å². The number of amides is 1. The molecular formula is C20H18N2O6S2. The van der Waals surface area contributed by atoms with Crippen LogP contribution in [-0.2, 0) is 19.9 Å². The van der Waals surface area contributed by atoms with E-state index < -0.39 is 30.7 Å². The first-order valence-corrected chi connectivity index (χ1v) is 11.5. The fourth-order valence-electron chi connectivity index (χ4n) is 2.76. The van der Waals surface area contributed by atoms with E-state index in [1.54, 1.807) is 18.2 Å². The molecule has 0 saturated carbocycles. The lowest BCUT2D eigenvalue weighted by atomic mass is 10.2. The number of benzene rings is 3. The average Bonchev–Trinajstić information content (AvgIpc) is 2.74. The molecule has 0 bridgehead atoms. The standard InChI is InChI=1S/C20H18N2O6S2/c1-28-17-12-11-14(20(21)23)13-16(17)22-30(26,27)19-10-6-5-9-18(19)29(24,25)15-7-3-2-4-8-15/h2-13,22H,1H3,(H2,21,23). The van der Waals surface area contributed by atoms with E-state index in [4.69, 9.17) is 10.5 Å². The van der Waals surface area contributed by atoms with E-state index >= 15 is 0 Å². The molecule has 0 saturated heterocycles. The minimum atomic E-state index is -4.37. The van der Waals surface area contributed by atoms with E-state index in [2.05, 4.69) is 4.72 Å². The van der Waals surface area contributed by atoms with E-state index in [-0.39, 0.29) is 26.8 Å². The quantitative estimate of drug-likeness (QED) is 0.573. The van der Waals surface area contributed by atoms with Crippen LogP contribution in [0, 0.1) is 0 Å². The maximum atomic E-state index is 13.1. The summed E-state index contributed by atoms with van der Waals surface area (Å²) in [7, 11) is -7.15. The van der Waals surface area contributed by atoms with Crippen molar-refractivity contribution in [2.75, 3.05) is 11.8 Å². The maximum absolute atomic E-state index is 13.1. The van der Waals surface area contributed by atoms with Crippen molar-refractivity contribution in [3.05, 3.63) is 78.4 Å². The van der Waals surface area contributed by atoms with Crippen LogP contribution >= 0.6 is 0 Å². The Morgan fingerprint density at radius 1 is 0.867 bits per heavy atom. The highest BCUT2D eigenvalue weighted by Crippen LogP contribution is 2.31. The van der Waals surface area contributed by atoms with Crippen molar-refractivity contribution >= 4 is 31.5 Å². The molecule has 1 amide bonds. The summed E-state index contributed by atoms with van der Waals surface area (Å²) in [4.78, 5) is 10.6. The largest absolute Gasteiger partial charge is 0.495 e. The summed E-state index contributed by atoms with van der Waals surface area (Å²) < 4.78 is 59.7. The molecule has 0 aliphatic carbocycles. The Labute approximate surface area is 174 Å². The number of primary amides is 1. The van der Waals surface area contributed by atoms with Gasteiger partial charge in [0.25, 0.3) is 10.0 Å². The van der Waals surface area contributed by atoms with Gasteiger partial charge in [0, 0.05) is 5.56 Å². The predicted molar refractivity (Wildman–Crippen MR) is 111 cm³/mol. The van der Waals surface area contributed by atoms with Gasteiger partial charge in [0.15, 0.2) is 0 Å². The number of anilines is 1. The lowest BCUT2D eigenvalue weighted by molar-refractivity contribution is 0.1000. The van der Waals surface area contributed by atoms with Gasteiger partial charge in [-0.15, -0.1) is 0 Å². The van der Waals surface area contributed by atoms with Gasteiger partial charge in [-0.2, -0.15) is 0 Å². The van der Waals surface area contributed by atoms with Crippen molar-refractivity contribution in [3.63, 3.8) is 0 Å². The highest BCUT2D eigenvalue weighted by molar-refractivity contribution is 7.95. The fraction of sp³-hybridized carbons (Fsp3) is 0.0500. The molecule has 3 rings (SSSR count). The summed E-state index contributed by atoms with van der Waals surface area (Å²) in [5.41, 5.74) is 5.26. The monoisotopic (exact) mass is 446 g/mol. The maximum Gasteiger partial charge on any atom is 0.263 e. The normalized spacial score (nSPS) is 11.6. The van der Waals surface area contributed by atoms with Crippen LogP contribution in [0.1, 0.15) is 10.4 Å². The Balaban J connectivity index is 2.12. The van der Waals surface area contributed by atoms with Crippen molar-refractivity contribution in [1.29, 1.82) is 0 Å². The first-order chi connectivity index (χ1) is 14.2. The lowest BCUT2D eigenvalue weighted by Gasteiger charge is -2.15. The first-order valence-electron chi connectivity index (χ1n) is 8.56. The van der Waals surface area contributed by atoms with E-state index in [0.717, 1.165) is 0 Å². The molecule has 30 heavy (non-hydrogen) atoms. The van der Waals surface area contributed by atoms with Crippen molar-refractivity contribution < 1.29 is 26.4 Å². The summed E-state index contributed by atoms with van der Waals surface area (Å²) in [5.74, 6) is -0.628. The molecule has 3 aromatic carbocycles. The number of sulfone groups is 1. The second-order valence-corrected chi connectivity index (χ2v) is 9.72. The molecule has 10 heteroatoms. The zero-order valence-corrected chi connectivity index (χ0v) is 17.4. The highest BCUT2D eigenvalue weighted by atomic mass is 32.2. The molecule has 0 aliphatic heterocycles. The summed E-state index contributed by atoms with van der Waals surface area (Å²) in [5, 5.41) is 0. The number of nitrogens with one attached hydrogen (secondary N) is 1. The summed E-state index contributed by atoms with van der Waals surface area (Å²) in [6, 6.07) is 16.7. The Morgan fingerprint density at radius 3 is 2.07 bits per heavy atom. The van der Waals surface area contributed by atoms with Gasteiger partial charge in [0.05, 0.1) is 22.6 Å². The zero-order chi connectivity index (χ0) is 21.9. The molecule has 0 aromatic heterocycles. The van der Waals surface area contributed by atoms with Gasteiger partial charge in [0.2, 0.25) is 15.7 Å². The second kappa shape index (κ2) is 8.17. The molecule has 0 unspecified atom stereocenters. The third-order valence-electron chi connectivity index (χ3n) is 4.21. The molecule has 0 spiro atoms. The zero-order valence-electron chi connectivity index (χ0n) is 15.8. The highest BCUT2D eigenvalue weighted by Gasteiger charge is 2.28. The minimum Gasteiger partial charge on any atom is -0.495 e. The molecule has 0 fully saturated rings. The fourth-order valence-corrected chi connectivity index (χ4v) is 5.93. The summed E-state index contributed by atoms with van der Waals surface area (Å²) >= 11 is 0. The summed E-state index contributed by atoms with van der Waals surface area (Å²) in [6.07, 6.45) is 0. The second-order valence-electron chi connectivity index (χ2n) is 6.15. The van der Waals surface area contributed by atoms with Crippen LogP contribution in [0.5, 0.6) is 5.75 Å². The summed E-state index contributed by atoms with van der Waals surface area (Å²) in [6.45, 7) is 0. The minimum absolute atomic E-state index is 0.0408. The number of hydrogen-bond donors (Lipinski definition) is 2. The number of rotatable bonds is 7. The van der Waals surface area contributed by atoms with E-state index in [1.165, 1.54) is 61.7 Å². The van der Waals surface area contributed by atoms with E-state index in [1.807, 2.05) is 0 Å². The predicted octanol–water partition coefficient (Wildman–Crippen LogP) is 2.43. The molecule has 156 valence electrons. The number of hydrogen-bond acceptors (Lipinski definition) is 6. The van der Waals surface area contributed by atoms with Crippen molar-refractivity contribution in [1.82, 2.24) is 0 Å². The molecule has 0 radical (unpaired) electrons. The topological polar surface area (TPSA) is 133 Å². The number of carbonyl (C=O) groups is 1. The number of methoxy groups -OCH3 is 1. The molecule has 0 heterocycles. The van der Waals surface area contributed by atoms with Gasteiger partial charge in [-0.05, 0) is 42.5 Å². The van der Waals surface area contributed by atoms with Gasteiger partial charge in [-0.3, -0.25) is 9.52 Å². The Morgan fingerprint density at radius 2 is 1.47 bits per heavy atom. The van der Waals surface area contributed by atoms with Gasteiger partial charge < -0.3 is 10.5 Å². The van der Waals surface area contributed by atoms with Gasteiger partial charge in [0.1, 0.15) is 10.6 Å². The molecule has 0 aliphatic rings. The van der Waals surface area contributed by atoms with Crippen LogP contribution in [0.25, 0.3) is 0 Å². The Hall–Kier alpha value is -3.37. The number of nitrogens with two attached hydrogens (primary N) is 1. The number of ether oxygens (including phenoxy) is 1. The van der Waals surface area contributed by atoms with Crippen LogP contribution in [0.3, 0.4) is 0 Å². The molecule has 3 aromatic rings. The van der Waals surface area contributed by atoms with Gasteiger partial charge >= 0.3 is 0 Å². The Bertz CT molecular complexity index is 1300. The van der Waals surface area contributed by atoms with Crippen LogP contribution < -0.4 is 15.2 Å². The molecule has 0 atom stereocenters. The van der Waals surface area contributed by atoms with Crippen LogP contribution in [-0.4, -0.2) is 29.9 Å². The number of sulfonamides is 1. The lowest BCUT2D eigenvalue weighted by Crippen LogP contribution is -2.18. The third-order valence-corrected chi connectivity index (χ3v) is 7.59. The van der Waals surface area contributed by atoms with Crippen molar-refractivity contribution in [3.8, 4) is 5.75 Å². The molecule has 8 nitrogen and oxygen atoms in total. The third kappa shape index (κ3) is 4.14. The van der Waals surface area contributed by atoms with Crippen LogP contribution in [0.4, 0.5) is 5.69 Å². The van der Waals surface area contributed by atoms with Gasteiger partial charge in [-0.1, -0.05) is 30.3 Å². The Kier molecular flexibility index (Phi) is 5.81. The van der Waals surface area contributed by atoms with Crippen LogP contribution in [0.15, 0.2) is 87.5 Å².